The normalized spacial score (nSPS) is 10.1. The molecule has 0 heterocycles. The first-order valence-corrected chi connectivity index (χ1v) is 5.89. The van der Waals surface area contributed by atoms with E-state index in [2.05, 4.69) is 6.58 Å². The van der Waals surface area contributed by atoms with Crippen molar-refractivity contribution in [1.82, 2.24) is 0 Å². The fraction of sp³-hybridized carbons (Fsp3) is 0.0625. The lowest BCUT2D eigenvalue weighted by atomic mass is 9.95. The quantitative estimate of drug-likeness (QED) is 0.501. The van der Waals surface area contributed by atoms with Gasteiger partial charge in [-0.05, 0) is 18.6 Å². The van der Waals surface area contributed by atoms with Crippen molar-refractivity contribution in [1.29, 1.82) is 0 Å². The second kappa shape index (κ2) is 5.40. The molecule has 0 radical (unpaired) electrons. The van der Waals surface area contributed by atoms with Crippen molar-refractivity contribution in [2.45, 2.75) is 6.42 Å². The van der Waals surface area contributed by atoms with Crippen LogP contribution in [0.4, 0.5) is 0 Å². The summed E-state index contributed by atoms with van der Waals surface area (Å²) in [4.78, 5) is 12.4. The van der Waals surface area contributed by atoms with Gasteiger partial charge in [0.05, 0.1) is 0 Å². The Balaban J connectivity index is 2.53. The van der Waals surface area contributed by atoms with Gasteiger partial charge in [-0.3, -0.25) is 4.79 Å². The van der Waals surface area contributed by atoms with Gasteiger partial charge in [0, 0.05) is 16.7 Å². The van der Waals surface area contributed by atoms with E-state index in [0.717, 1.165) is 0 Å². The number of carbonyl (C=O) groups excluding carboxylic acids is 1. The van der Waals surface area contributed by atoms with Crippen LogP contribution in [0.15, 0.2) is 55.1 Å². The van der Waals surface area contributed by atoms with Crippen LogP contribution in [0.1, 0.15) is 21.5 Å². The Labute approximate surface area is 111 Å². The van der Waals surface area contributed by atoms with Crippen LogP contribution in [-0.4, -0.2) is 16.0 Å². The summed E-state index contributed by atoms with van der Waals surface area (Å²) < 4.78 is 0. The minimum Gasteiger partial charge on any atom is -0.504 e. The highest BCUT2D eigenvalue weighted by molar-refractivity contribution is 6.10. The van der Waals surface area contributed by atoms with Crippen LogP contribution in [0.2, 0.25) is 0 Å². The Hall–Kier alpha value is -2.55. The first kappa shape index (κ1) is 12.9. The van der Waals surface area contributed by atoms with Crippen LogP contribution >= 0.6 is 0 Å². The van der Waals surface area contributed by atoms with Crippen molar-refractivity contribution in [3.05, 3.63) is 71.8 Å². The van der Waals surface area contributed by atoms with E-state index in [9.17, 15) is 15.0 Å². The van der Waals surface area contributed by atoms with E-state index < -0.39 is 0 Å². The van der Waals surface area contributed by atoms with E-state index in [-0.39, 0.29) is 17.3 Å². The molecule has 2 aromatic rings. The molecule has 2 aromatic carbocycles. The molecule has 0 unspecified atom stereocenters. The number of rotatable bonds is 4. The van der Waals surface area contributed by atoms with Crippen LogP contribution < -0.4 is 0 Å². The molecule has 3 nitrogen and oxygen atoms in total. The standard InChI is InChI=1S/C16H14O3/c1-2-6-12-13(9-10-14(17)16(12)19)15(18)11-7-4-3-5-8-11/h2-5,7-10,17,19H,1,6H2. The number of aromatic hydroxyl groups is 2. The molecule has 0 fully saturated rings. The maximum Gasteiger partial charge on any atom is 0.193 e. The van der Waals surface area contributed by atoms with Crippen molar-refractivity contribution in [2.24, 2.45) is 0 Å². The molecule has 96 valence electrons. The maximum atomic E-state index is 12.4. The van der Waals surface area contributed by atoms with Crippen LogP contribution in [0.5, 0.6) is 11.5 Å². The Morgan fingerprint density at radius 1 is 1.11 bits per heavy atom. The van der Waals surface area contributed by atoms with Gasteiger partial charge in [-0.2, -0.15) is 0 Å². The van der Waals surface area contributed by atoms with E-state index >= 15 is 0 Å². The van der Waals surface area contributed by atoms with Crippen molar-refractivity contribution < 1.29 is 15.0 Å². The molecule has 0 aliphatic rings. The molecular formula is C16H14O3. The topological polar surface area (TPSA) is 57.5 Å². The summed E-state index contributed by atoms with van der Waals surface area (Å²) in [6, 6.07) is 11.6. The Bertz CT molecular complexity index is 615. The van der Waals surface area contributed by atoms with Gasteiger partial charge in [0.2, 0.25) is 0 Å². The van der Waals surface area contributed by atoms with Gasteiger partial charge in [-0.25, -0.2) is 0 Å². The summed E-state index contributed by atoms with van der Waals surface area (Å²) in [5.41, 5.74) is 1.31. The number of allylic oxidation sites excluding steroid dienone is 1. The summed E-state index contributed by atoms with van der Waals surface area (Å²) in [6.07, 6.45) is 1.89. The average molecular weight is 254 g/mol. The third-order valence-electron chi connectivity index (χ3n) is 2.89. The third kappa shape index (κ3) is 2.50. The molecule has 0 saturated heterocycles. The van der Waals surface area contributed by atoms with Gasteiger partial charge in [-0.1, -0.05) is 36.4 Å². The first-order chi connectivity index (χ1) is 9.15. The summed E-state index contributed by atoms with van der Waals surface area (Å²) >= 11 is 0. The third-order valence-corrected chi connectivity index (χ3v) is 2.89. The highest BCUT2D eigenvalue weighted by atomic mass is 16.3. The summed E-state index contributed by atoms with van der Waals surface area (Å²) in [7, 11) is 0. The molecule has 2 rings (SSSR count). The summed E-state index contributed by atoms with van der Waals surface area (Å²) in [5.74, 6) is -0.684. The van der Waals surface area contributed by atoms with Gasteiger partial charge >= 0.3 is 0 Å². The van der Waals surface area contributed by atoms with Crippen LogP contribution in [-0.2, 0) is 6.42 Å². The first-order valence-electron chi connectivity index (χ1n) is 5.89. The molecule has 19 heavy (non-hydrogen) atoms. The summed E-state index contributed by atoms with van der Waals surface area (Å²) in [6.45, 7) is 3.60. The molecule has 3 heteroatoms. The SMILES string of the molecule is C=CCc1c(C(=O)c2ccccc2)ccc(O)c1O. The number of hydrogen-bond acceptors (Lipinski definition) is 3. The van der Waals surface area contributed by atoms with E-state index in [1.54, 1.807) is 30.3 Å². The molecular weight excluding hydrogens is 240 g/mol. The van der Waals surface area contributed by atoms with Crippen LogP contribution in [0, 0.1) is 0 Å². The zero-order chi connectivity index (χ0) is 13.8. The molecule has 0 atom stereocenters. The molecule has 0 amide bonds. The van der Waals surface area contributed by atoms with Gasteiger partial charge < -0.3 is 10.2 Å². The predicted octanol–water partition coefficient (Wildman–Crippen LogP) is 3.06. The minimum atomic E-state index is -0.262. The minimum absolute atomic E-state index is 0.187. The van der Waals surface area contributed by atoms with E-state index in [4.69, 9.17) is 0 Å². The molecule has 0 bridgehead atoms. The maximum absolute atomic E-state index is 12.4. The highest BCUT2D eigenvalue weighted by Gasteiger charge is 2.17. The highest BCUT2D eigenvalue weighted by Crippen LogP contribution is 2.33. The largest absolute Gasteiger partial charge is 0.504 e. The van der Waals surface area contributed by atoms with E-state index in [0.29, 0.717) is 23.1 Å². The molecule has 0 aromatic heterocycles. The van der Waals surface area contributed by atoms with Crippen molar-refractivity contribution in [3.63, 3.8) is 0 Å². The van der Waals surface area contributed by atoms with Crippen molar-refractivity contribution in [2.75, 3.05) is 0 Å². The Morgan fingerprint density at radius 3 is 2.42 bits per heavy atom. The van der Waals surface area contributed by atoms with E-state index in [1.165, 1.54) is 12.1 Å². The lowest BCUT2D eigenvalue weighted by Crippen LogP contribution is -2.05. The second-order valence-electron chi connectivity index (χ2n) is 4.15. The zero-order valence-electron chi connectivity index (χ0n) is 10.3. The van der Waals surface area contributed by atoms with Gasteiger partial charge in [0.25, 0.3) is 0 Å². The Kier molecular flexibility index (Phi) is 3.66. The Morgan fingerprint density at radius 2 is 1.79 bits per heavy atom. The van der Waals surface area contributed by atoms with E-state index in [1.807, 2.05) is 6.07 Å². The molecule has 0 spiro atoms. The van der Waals surface area contributed by atoms with Crippen LogP contribution in [0.3, 0.4) is 0 Å². The number of carbonyl (C=O) groups is 1. The number of phenolic OH excluding ortho intramolecular Hbond substituents is 2. The monoisotopic (exact) mass is 254 g/mol. The predicted molar refractivity (Wildman–Crippen MR) is 73.5 cm³/mol. The fourth-order valence-electron chi connectivity index (χ4n) is 1.93. The van der Waals surface area contributed by atoms with Gasteiger partial charge in [-0.15, -0.1) is 6.58 Å². The van der Waals surface area contributed by atoms with Crippen LogP contribution in [0.25, 0.3) is 0 Å². The zero-order valence-corrected chi connectivity index (χ0v) is 10.3. The number of phenols is 2. The number of ketones is 1. The molecule has 2 N–H and O–H groups in total. The smallest absolute Gasteiger partial charge is 0.193 e. The fourth-order valence-corrected chi connectivity index (χ4v) is 1.93. The number of hydrogen-bond donors (Lipinski definition) is 2. The van der Waals surface area contributed by atoms with Crippen molar-refractivity contribution in [3.8, 4) is 11.5 Å². The lowest BCUT2D eigenvalue weighted by molar-refractivity contribution is 0.103. The van der Waals surface area contributed by atoms with Gasteiger partial charge in [0.15, 0.2) is 17.3 Å². The van der Waals surface area contributed by atoms with Crippen molar-refractivity contribution >= 4 is 5.78 Å². The summed E-state index contributed by atoms with van der Waals surface area (Å²) in [5, 5.41) is 19.4. The number of benzene rings is 2. The lowest BCUT2D eigenvalue weighted by Gasteiger charge is -2.10. The molecule has 0 aliphatic heterocycles. The van der Waals surface area contributed by atoms with Gasteiger partial charge in [0.1, 0.15) is 0 Å². The second-order valence-corrected chi connectivity index (χ2v) is 4.15. The average Bonchev–Trinajstić information content (AvgIpc) is 2.44. The molecule has 0 saturated carbocycles. The molecule has 0 aliphatic carbocycles.